The van der Waals surface area contributed by atoms with Crippen molar-refractivity contribution in [1.82, 2.24) is 9.55 Å². The molecule has 0 atom stereocenters. The Morgan fingerprint density at radius 3 is 2.55 bits per heavy atom. The SMILES string of the molecule is Cc1cc(C)cc(-n2c(SCC(=O)Nc3ccc(C)cc3C)nc3c(c2=O)SCC3)c1. The Labute approximate surface area is 190 Å². The van der Waals surface area contributed by atoms with E-state index in [1.54, 1.807) is 16.3 Å². The Morgan fingerprint density at radius 1 is 1.10 bits per heavy atom. The molecule has 0 saturated carbocycles. The molecule has 4 rings (SSSR count). The molecule has 2 heterocycles. The summed E-state index contributed by atoms with van der Waals surface area (Å²) in [5.74, 6) is 0.926. The van der Waals surface area contributed by atoms with Crippen molar-refractivity contribution in [3.05, 3.63) is 74.7 Å². The molecule has 2 aromatic carbocycles. The number of anilines is 1. The first-order valence-corrected chi connectivity index (χ1v) is 12.2. The second-order valence-corrected chi connectivity index (χ2v) is 9.96. The summed E-state index contributed by atoms with van der Waals surface area (Å²) < 4.78 is 1.66. The van der Waals surface area contributed by atoms with Crippen LogP contribution in [0, 0.1) is 27.7 Å². The Balaban J connectivity index is 1.64. The number of thioether (sulfide) groups is 2. The Hall–Kier alpha value is -2.51. The number of aryl methyl sites for hydroxylation is 5. The van der Waals surface area contributed by atoms with Gasteiger partial charge < -0.3 is 5.32 Å². The van der Waals surface area contributed by atoms with E-state index in [1.165, 1.54) is 11.8 Å². The van der Waals surface area contributed by atoms with Crippen molar-refractivity contribution in [1.29, 1.82) is 0 Å². The van der Waals surface area contributed by atoms with E-state index in [0.29, 0.717) is 5.16 Å². The average Bonchev–Trinajstić information content (AvgIpc) is 3.17. The molecule has 0 saturated heterocycles. The van der Waals surface area contributed by atoms with Gasteiger partial charge in [-0.25, -0.2) is 4.98 Å². The highest BCUT2D eigenvalue weighted by atomic mass is 32.2. The van der Waals surface area contributed by atoms with E-state index in [1.807, 2.05) is 58.0 Å². The summed E-state index contributed by atoms with van der Waals surface area (Å²) in [7, 11) is 0. The number of hydrogen-bond donors (Lipinski definition) is 1. The number of rotatable bonds is 5. The Bertz CT molecular complexity index is 1210. The monoisotopic (exact) mass is 451 g/mol. The van der Waals surface area contributed by atoms with Gasteiger partial charge in [-0.1, -0.05) is 35.5 Å². The molecule has 1 amide bonds. The van der Waals surface area contributed by atoms with Crippen LogP contribution in [0.3, 0.4) is 0 Å². The van der Waals surface area contributed by atoms with Crippen LogP contribution in [0.15, 0.2) is 51.2 Å². The van der Waals surface area contributed by atoms with E-state index in [9.17, 15) is 9.59 Å². The van der Waals surface area contributed by atoms with Crippen LogP contribution in [0.25, 0.3) is 5.69 Å². The molecular formula is C24H25N3O2S2. The minimum Gasteiger partial charge on any atom is -0.325 e. The third kappa shape index (κ3) is 4.72. The van der Waals surface area contributed by atoms with Crippen molar-refractivity contribution in [2.45, 2.75) is 44.2 Å². The highest BCUT2D eigenvalue weighted by Crippen LogP contribution is 2.30. The maximum absolute atomic E-state index is 13.3. The van der Waals surface area contributed by atoms with E-state index in [2.05, 4.69) is 11.4 Å². The minimum absolute atomic E-state index is 0.0465. The van der Waals surface area contributed by atoms with Gasteiger partial charge in [-0.2, -0.15) is 0 Å². The lowest BCUT2D eigenvalue weighted by Crippen LogP contribution is -2.25. The molecule has 0 fully saturated rings. The van der Waals surface area contributed by atoms with Crippen LogP contribution in [0.2, 0.25) is 0 Å². The van der Waals surface area contributed by atoms with E-state index >= 15 is 0 Å². The topological polar surface area (TPSA) is 64.0 Å². The molecule has 0 radical (unpaired) electrons. The largest absolute Gasteiger partial charge is 0.325 e. The van der Waals surface area contributed by atoms with E-state index < -0.39 is 0 Å². The van der Waals surface area contributed by atoms with Crippen molar-refractivity contribution in [2.75, 3.05) is 16.8 Å². The zero-order valence-electron chi connectivity index (χ0n) is 18.1. The number of nitrogens with zero attached hydrogens (tertiary/aromatic N) is 2. The van der Waals surface area contributed by atoms with Crippen LogP contribution < -0.4 is 10.9 Å². The number of carbonyl (C=O) groups excluding carboxylic acids is 1. The fraction of sp³-hybridized carbons (Fsp3) is 0.292. The summed E-state index contributed by atoms with van der Waals surface area (Å²) in [6, 6.07) is 12.0. The first kappa shape index (κ1) is 21.7. The van der Waals surface area contributed by atoms with Gasteiger partial charge in [-0.3, -0.25) is 14.2 Å². The number of benzene rings is 2. The fourth-order valence-corrected chi connectivity index (χ4v) is 5.62. The molecule has 0 unspecified atom stereocenters. The van der Waals surface area contributed by atoms with E-state index in [4.69, 9.17) is 4.98 Å². The van der Waals surface area contributed by atoms with Gasteiger partial charge >= 0.3 is 0 Å². The zero-order valence-corrected chi connectivity index (χ0v) is 19.7. The van der Waals surface area contributed by atoms with Gasteiger partial charge in [-0.15, -0.1) is 11.8 Å². The lowest BCUT2D eigenvalue weighted by Gasteiger charge is -2.15. The molecule has 7 heteroatoms. The summed E-state index contributed by atoms with van der Waals surface area (Å²) in [6.45, 7) is 8.04. The average molecular weight is 452 g/mol. The quantitative estimate of drug-likeness (QED) is 0.444. The van der Waals surface area contributed by atoms with Crippen molar-refractivity contribution in [2.24, 2.45) is 0 Å². The Kier molecular flexibility index (Phi) is 6.25. The molecule has 5 nitrogen and oxygen atoms in total. The lowest BCUT2D eigenvalue weighted by molar-refractivity contribution is -0.113. The van der Waals surface area contributed by atoms with Crippen LogP contribution in [-0.4, -0.2) is 27.0 Å². The predicted molar refractivity (Wildman–Crippen MR) is 129 cm³/mol. The molecule has 0 bridgehead atoms. The highest BCUT2D eigenvalue weighted by Gasteiger charge is 2.23. The number of carbonyl (C=O) groups is 1. The maximum atomic E-state index is 13.3. The summed E-state index contributed by atoms with van der Waals surface area (Å²) in [5.41, 5.74) is 6.74. The Morgan fingerprint density at radius 2 is 1.84 bits per heavy atom. The van der Waals surface area contributed by atoms with Gasteiger partial charge in [0.25, 0.3) is 5.56 Å². The standard InChI is InChI=1S/C24H25N3O2S2/c1-14-5-6-19(17(4)10-14)25-21(28)13-31-24-26-20-7-8-30-22(20)23(29)27(24)18-11-15(2)9-16(3)12-18/h5-6,9-12H,7-8,13H2,1-4H3,(H,25,28). The maximum Gasteiger partial charge on any atom is 0.272 e. The smallest absolute Gasteiger partial charge is 0.272 e. The van der Waals surface area contributed by atoms with Gasteiger partial charge in [0.1, 0.15) is 0 Å². The van der Waals surface area contributed by atoms with Crippen LogP contribution in [0.4, 0.5) is 5.69 Å². The third-order valence-electron chi connectivity index (χ3n) is 5.12. The van der Waals surface area contributed by atoms with Gasteiger partial charge in [0.05, 0.1) is 22.0 Å². The first-order chi connectivity index (χ1) is 14.8. The van der Waals surface area contributed by atoms with Crippen molar-refractivity contribution < 1.29 is 4.79 Å². The summed E-state index contributed by atoms with van der Waals surface area (Å²) in [5, 5.41) is 3.54. The van der Waals surface area contributed by atoms with Gasteiger partial charge in [0.2, 0.25) is 5.91 Å². The number of fused-ring (bicyclic) bond motifs is 1. The van der Waals surface area contributed by atoms with Crippen molar-refractivity contribution >= 4 is 35.1 Å². The second kappa shape index (κ2) is 8.93. The van der Waals surface area contributed by atoms with Gasteiger partial charge in [-0.05, 0) is 62.6 Å². The lowest BCUT2D eigenvalue weighted by atomic mass is 10.1. The fourth-order valence-electron chi connectivity index (χ4n) is 3.77. The van der Waals surface area contributed by atoms with E-state index in [-0.39, 0.29) is 17.2 Å². The van der Waals surface area contributed by atoms with Crippen molar-refractivity contribution in [3.63, 3.8) is 0 Å². The van der Waals surface area contributed by atoms with Crippen molar-refractivity contribution in [3.8, 4) is 5.69 Å². The number of aromatic nitrogens is 2. The molecule has 1 aliphatic heterocycles. The molecule has 1 aromatic heterocycles. The number of nitrogens with one attached hydrogen (secondary N) is 1. The van der Waals surface area contributed by atoms with Crippen LogP contribution in [0.5, 0.6) is 0 Å². The summed E-state index contributed by atoms with van der Waals surface area (Å²) in [6.07, 6.45) is 0.783. The molecule has 31 heavy (non-hydrogen) atoms. The van der Waals surface area contributed by atoms with E-state index in [0.717, 1.165) is 56.4 Å². The molecular weight excluding hydrogens is 426 g/mol. The number of amides is 1. The second-order valence-electron chi connectivity index (χ2n) is 7.91. The van der Waals surface area contributed by atoms with Gasteiger partial charge in [0, 0.05) is 17.9 Å². The molecule has 0 aliphatic carbocycles. The molecule has 1 aliphatic rings. The molecule has 1 N–H and O–H groups in total. The third-order valence-corrected chi connectivity index (χ3v) is 7.17. The number of hydrogen-bond acceptors (Lipinski definition) is 5. The van der Waals surface area contributed by atoms with Crippen LogP contribution >= 0.6 is 23.5 Å². The van der Waals surface area contributed by atoms with Crippen LogP contribution in [-0.2, 0) is 11.2 Å². The summed E-state index contributed by atoms with van der Waals surface area (Å²) in [4.78, 5) is 31.5. The first-order valence-electron chi connectivity index (χ1n) is 10.2. The predicted octanol–water partition coefficient (Wildman–Crippen LogP) is 4.85. The van der Waals surface area contributed by atoms with Gasteiger partial charge in [0.15, 0.2) is 5.16 Å². The normalized spacial score (nSPS) is 12.6. The molecule has 0 spiro atoms. The zero-order chi connectivity index (χ0) is 22.1. The van der Waals surface area contributed by atoms with Crippen LogP contribution in [0.1, 0.15) is 27.9 Å². The highest BCUT2D eigenvalue weighted by molar-refractivity contribution is 8.00. The minimum atomic E-state index is -0.118. The molecule has 160 valence electrons. The molecule has 3 aromatic rings. The summed E-state index contributed by atoms with van der Waals surface area (Å²) >= 11 is 2.87.